The predicted octanol–water partition coefficient (Wildman–Crippen LogP) is 2.73. The average Bonchev–Trinajstić information content (AvgIpc) is 3.23. The molecule has 2 aromatic heterocycles. The van der Waals surface area contributed by atoms with Crippen LogP contribution in [0.4, 0.5) is 0 Å². The van der Waals surface area contributed by atoms with Gasteiger partial charge in [-0.05, 0) is 31.4 Å². The lowest BCUT2D eigenvalue weighted by molar-refractivity contribution is 0.378. The molecule has 4 heteroatoms. The zero-order chi connectivity index (χ0) is 12.5. The normalized spacial score (nSPS) is 14.6. The number of ether oxygens (including phenoxy) is 1. The summed E-state index contributed by atoms with van der Waals surface area (Å²) in [5, 5.41) is 0. The van der Waals surface area contributed by atoms with Crippen LogP contribution in [-0.4, -0.2) is 22.1 Å². The van der Waals surface area contributed by atoms with E-state index in [1.54, 1.807) is 7.11 Å². The van der Waals surface area contributed by atoms with E-state index in [2.05, 4.69) is 21.0 Å². The van der Waals surface area contributed by atoms with Gasteiger partial charge in [-0.15, -0.1) is 0 Å². The molecule has 0 spiro atoms. The van der Waals surface area contributed by atoms with Gasteiger partial charge < -0.3 is 4.74 Å². The Morgan fingerprint density at radius 3 is 2.61 bits per heavy atom. The van der Waals surface area contributed by atoms with Crippen molar-refractivity contribution in [2.45, 2.75) is 25.7 Å². The van der Waals surface area contributed by atoms with Crippen LogP contribution in [0.2, 0.25) is 0 Å². The van der Waals surface area contributed by atoms with Crippen molar-refractivity contribution in [3.63, 3.8) is 0 Å². The summed E-state index contributed by atoms with van der Waals surface area (Å²) in [6.45, 7) is 2.03. The van der Waals surface area contributed by atoms with Gasteiger partial charge in [-0.2, -0.15) is 4.98 Å². The molecule has 1 fully saturated rings. The van der Waals surface area contributed by atoms with E-state index in [0.29, 0.717) is 11.9 Å². The number of aryl methyl sites for hydroxylation is 1. The van der Waals surface area contributed by atoms with Crippen LogP contribution in [0, 0.1) is 6.92 Å². The smallest absolute Gasteiger partial charge is 0.316 e. The third kappa shape index (κ3) is 2.06. The van der Waals surface area contributed by atoms with Crippen molar-refractivity contribution < 1.29 is 4.74 Å². The third-order valence-corrected chi connectivity index (χ3v) is 3.13. The molecular formula is C14H15N3O. The zero-order valence-electron chi connectivity index (χ0n) is 10.6. The third-order valence-electron chi connectivity index (χ3n) is 3.13. The van der Waals surface area contributed by atoms with E-state index < -0.39 is 0 Å². The number of nitrogens with zero attached hydrogens (tertiary/aromatic N) is 3. The summed E-state index contributed by atoms with van der Waals surface area (Å²) in [5.74, 6) is 0.542. The number of methoxy groups -OCH3 is 1. The topological polar surface area (TPSA) is 47.9 Å². The van der Waals surface area contributed by atoms with E-state index in [-0.39, 0.29) is 0 Å². The highest BCUT2D eigenvalue weighted by molar-refractivity contribution is 5.62. The van der Waals surface area contributed by atoms with Crippen LogP contribution in [0.15, 0.2) is 24.5 Å². The van der Waals surface area contributed by atoms with Crippen LogP contribution in [0.25, 0.3) is 11.3 Å². The van der Waals surface area contributed by atoms with E-state index >= 15 is 0 Å². The molecule has 1 aliphatic rings. The first-order valence-electron chi connectivity index (χ1n) is 6.12. The molecule has 1 saturated carbocycles. The summed E-state index contributed by atoms with van der Waals surface area (Å²) in [4.78, 5) is 13.1. The second-order valence-electron chi connectivity index (χ2n) is 4.65. The first-order chi connectivity index (χ1) is 8.78. The Kier molecular flexibility index (Phi) is 2.70. The molecule has 3 rings (SSSR count). The molecule has 0 radical (unpaired) electrons. The van der Waals surface area contributed by atoms with E-state index in [9.17, 15) is 0 Å². The van der Waals surface area contributed by atoms with Gasteiger partial charge in [0.05, 0.1) is 18.5 Å². The molecule has 0 saturated heterocycles. The fraction of sp³-hybridized carbons (Fsp3) is 0.357. The quantitative estimate of drug-likeness (QED) is 0.829. The van der Waals surface area contributed by atoms with Gasteiger partial charge in [-0.3, -0.25) is 4.98 Å². The summed E-state index contributed by atoms with van der Waals surface area (Å²) >= 11 is 0. The lowest BCUT2D eigenvalue weighted by Gasteiger charge is -2.08. The fourth-order valence-electron chi connectivity index (χ4n) is 1.97. The summed E-state index contributed by atoms with van der Waals surface area (Å²) in [6, 6.07) is 4.52. The van der Waals surface area contributed by atoms with Crippen molar-refractivity contribution in [3.8, 4) is 17.3 Å². The molecule has 18 heavy (non-hydrogen) atoms. The van der Waals surface area contributed by atoms with Crippen molar-refractivity contribution in [1.82, 2.24) is 15.0 Å². The van der Waals surface area contributed by atoms with E-state index in [1.165, 1.54) is 12.8 Å². The molecule has 2 aromatic rings. The van der Waals surface area contributed by atoms with Gasteiger partial charge in [0.25, 0.3) is 0 Å². The molecule has 92 valence electrons. The number of hydrogen-bond acceptors (Lipinski definition) is 4. The van der Waals surface area contributed by atoms with Gasteiger partial charge >= 0.3 is 6.01 Å². The van der Waals surface area contributed by atoms with Crippen molar-refractivity contribution in [1.29, 1.82) is 0 Å². The van der Waals surface area contributed by atoms with Gasteiger partial charge in [0.1, 0.15) is 0 Å². The van der Waals surface area contributed by atoms with Crippen LogP contribution < -0.4 is 4.74 Å². The minimum absolute atomic E-state index is 0.438. The highest BCUT2D eigenvalue weighted by atomic mass is 16.5. The highest BCUT2D eigenvalue weighted by Crippen LogP contribution is 2.43. The molecule has 0 bridgehead atoms. The molecular weight excluding hydrogens is 226 g/mol. The lowest BCUT2D eigenvalue weighted by Crippen LogP contribution is -1.99. The molecule has 0 N–H and O–H groups in total. The van der Waals surface area contributed by atoms with Gasteiger partial charge in [-0.25, -0.2) is 4.98 Å². The summed E-state index contributed by atoms with van der Waals surface area (Å²) in [7, 11) is 1.59. The van der Waals surface area contributed by atoms with Crippen molar-refractivity contribution in [2.24, 2.45) is 0 Å². The maximum atomic E-state index is 5.10. The minimum atomic E-state index is 0.438. The maximum absolute atomic E-state index is 5.10. The minimum Gasteiger partial charge on any atom is -0.467 e. The Bertz CT molecular complexity index is 562. The van der Waals surface area contributed by atoms with Crippen LogP contribution in [-0.2, 0) is 0 Å². The van der Waals surface area contributed by atoms with Crippen LogP contribution in [0.1, 0.15) is 30.0 Å². The summed E-state index contributed by atoms with van der Waals surface area (Å²) in [6.07, 6.45) is 6.07. The Labute approximate surface area is 106 Å². The molecule has 0 amide bonds. The Morgan fingerprint density at radius 1 is 1.17 bits per heavy atom. The van der Waals surface area contributed by atoms with Gasteiger partial charge in [0.2, 0.25) is 0 Å². The Morgan fingerprint density at radius 2 is 2.00 bits per heavy atom. The van der Waals surface area contributed by atoms with Crippen LogP contribution >= 0.6 is 0 Å². The number of aromatic nitrogens is 3. The molecule has 0 aromatic carbocycles. The molecule has 4 nitrogen and oxygen atoms in total. The van der Waals surface area contributed by atoms with Crippen molar-refractivity contribution in [3.05, 3.63) is 35.8 Å². The molecule has 0 atom stereocenters. The lowest BCUT2D eigenvalue weighted by atomic mass is 10.1. The number of rotatable bonds is 3. The SMILES string of the molecule is COc1ncc(-c2ccc(C)cn2)c(C2CC2)n1. The fourth-order valence-corrected chi connectivity index (χ4v) is 1.97. The first kappa shape index (κ1) is 11.1. The van der Waals surface area contributed by atoms with E-state index in [1.807, 2.05) is 25.4 Å². The van der Waals surface area contributed by atoms with Crippen molar-refractivity contribution >= 4 is 0 Å². The van der Waals surface area contributed by atoms with Crippen molar-refractivity contribution in [2.75, 3.05) is 7.11 Å². The van der Waals surface area contributed by atoms with E-state index in [0.717, 1.165) is 22.5 Å². The van der Waals surface area contributed by atoms with Crippen LogP contribution in [0.3, 0.4) is 0 Å². The number of pyridine rings is 1. The van der Waals surface area contributed by atoms with Gasteiger partial charge in [0.15, 0.2) is 0 Å². The molecule has 1 aliphatic carbocycles. The Hall–Kier alpha value is -1.97. The highest BCUT2D eigenvalue weighted by Gasteiger charge is 2.29. The zero-order valence-corrected chi connectivity index (χ0v) is 10.6. The standard InChI is InChI=1S/C14H15N3O/c1-9-3-6-12(15-7-9)11-8-16-14(18-2)17-13(11)10-4-5-10/h3,6-8,10H,4-5H2,1-2H3. The molecule has 0 aliphatic heterocycles. The second-order valence-corrected chi connectivity index (χ2v) is 4.65. The monoisotopic (exact) mass is 241 g/mol. The first-order valence-corrected chi connectivity index (χ1v) is 6.12. The average molecular weight is 241 g/mol. The Balaban J connectivity index is 2.07. The number of hydrogen-bond donors (Lipinski definition) is 0. The maximum Gasteiger partial charge on any atom is 0.316 e. The molecule has 2 heterocycles. The van der Waals surface area contributed by atoms with Gasteiger partial charge in [0, 0.05) is 23.9 Å². The van der Waals surface area contributed by atoms with E-state index in [4.69, 9.17) is 4.74 Å². The largest absolute Gasteiger partial charge is 0.467 e. The van der Waals surface area contributed by atoms with Crippen LogP contribution in [0.5, 0.6) is 6.01 Å². The summed E-state index contributed by atoms with van der Waals surface area (Å²) in [5.41, 5.74) is 4.18. The molecule has 0 unspecified atom stereocenters. The summed E-state index contributed by atoms with van der Waals surface area (Å²) < 4.78 is 5.10. The second kappa shape index (κ2) is 4.37. The predicted molar refractivity (Wildman–Crippen MR) is 68.5 cm³/mol. The van der Waals surface area contributed by atoms with Gasteiger partial charge in [-0.1, -0.05) is 6.07 Å².